The van der Waals surface area contributed by atoms with Crippen molar-refractivity contribution in [2.45, 2.75) is 39.3 Å². The Balaban J connectivity index is 2.76. The highest BCUT2D eigenvalue weighted by atomic mass is 16.6. The molecule has 0 fully saturated rings. The highest BCUT2D eigenvalue weighted by Crippen LogP contribution is 2.07. The summed E-state index contributed by atoms with van der Waals surface area (Å²) < 4.78 is 4.79. The molecule has 0 aliphatic carbocycles. The summed E-state index contributed by atoms with van der Waals surface area (Å²) in [5.41, 5.74) is 6.49. The fraction of sp³-hybridized carbons (Fsp3) is 0.438. The summed E-state index contributed by atoms with van der Waals surface area (Å²) in [7, 11) is 0. The second kappa shape index (κ2) is 8.29. The molecular formula is C16H22N2O4. The van der Waals surface area contributed by atoms with E-state index in [0.29, 0.717) is 0 Å². The molecule has 0 unspecified atom stereocenters. The normalized spacial score (nSPS) is 13.3. The molecule has 0 aromatic heterocycles. The molecule has 6 heteroatoms. The van der Waals surface area contributed by atoms with E-state index in [0.717, 1.165) is 5.56 Å². The number of hydrogen-bond donors (Lipinski definition) is 2. The number of nitrogens with two attached hydrogens (primary N) is 1. The van der Waals surface area contributed by atoms with Crippen molar-refractivity contribution in [2.75, 3.05) is 0 Å². The molecule has 0 saturated heterocycles. The lowest BCUT2D eigenvalue weighted by atomic mass is 10.1. The molecule has 1 amide bonds. The van der Waals surface area contributed by atoms with Crippen LogP contribution in [0.1, 0.15) is 26.3 Å². The number of ether oxygens (including phenoxy) is 1. The Hall–Kier alpha value is -2.21. The van der Waals surface area contributed by atoms with Gasteiger partial charge in [-0.2, -0.15) is 0 Å². The van der Waals surface area contributed by atoms with Gasteiger partial charge in [0.15, 0.2) is 0 Å². The first-order valence-corrected chi connectivity index (χ1v) is 7.13. The van der Waals surface area contributed by atoms with Crippen LogP contribution >= 0.6 is 0 Å². The molecule has 0 radical (unpaired) electrons. The van der Waals surface area contributed by atoms with E-state index in [1.807, 2.05) is 30.3 Å². The van der Waals surface area contributed by atoms with Crippen molar-refractivity contribution in [3.8, 4) is 0 Å². The molecule has 1 aromatic carbocycles. The van der Waals surface area contributed by atoms with Gasteiger partial charge in [-0.1, -0.05) is 44.2 Å². The van der Waals surface area contributed by atoms with Crippen LogP contribution in [0.25, 0.3) is 0 Å². The highest BCUT2D eigenvalue weighted by Gasteiger charge is 2.27. The van der Waals surface area contributed by atoms with E-state index < -0.39 is 24.0 Å². The van der Waals surface area contributed by atoms with E-state index in [4.69, 9.17) is 10.5 Å². The van der Waals surface area contributed by atoms with Crippen LogP contribution in [0.3, 0.4) is 0 Å². The predicted molar refractivity (Wildman–Crippen MR) is 81.7 cm³/mol. The van der Waals surface area contributed by atoms with Crippen molar-refractivity contribution in [3.05, 3.63) is 35.9 Å². The summed E-state index contributed by atoms with van der Waals surface area (Å²) >= 11 is 0. The molecule has 0 bridgehead atoms. The van der Waals surface area contributed by atoms with Crippen LogP contribution in [0.4, 0.5) is 0 Å². The maximum Gasteiger partial charge on any atom is 0.336 e. The highest BCUT2D eigenvalue weighted by molar-refractivity contribution is 5.92. The van der Waals surface area contributed by atoms with Gasteiger partial charge in [0, 0.05) is 13.3 Å². The first kappa shape index (κ1) is 17.8. The lowest BCUT2D eigenvalue weighted by Gasteiger charge is -2.18. The van der Waals surface area contributed by atoms with Crippen molar-refractivity contribution < 1.29 is 19.1 Å². The number of carbonyl (C=O) groups excluding carboxylic acids is 3. The van der Waals surface area contributed by atoms with Crippen LogP contribution in [0.5, 0.6) is 0 Å². The summed E-state index contributed by atoms with van der Waals surface area (Å²) in [6, 6.07) is 7.34. The van der Waals surface area contributed by atoms with Gasteiger partial charge < -0.3 is 15.8 Å². The molecule has 0 saturated carbocycles. The fourth-order valence-electron chi connectivity index (χ4n) is 1.80. The van der Waals surface area contributed by atoms with Gasteiger partial charge in [0.25, 0.3) is 0 Å². The van der Waals surface area contributed by atoms with Gasteiger partial charge in [-0.15, -0.1) is 0 Å². The Morgan fingerprint density at radius 2 is 1.73 bits per heavy atom. The van der Waals surface area contributed by atoms with Crippen LogP contribution in [-0.2, 0) is 25.5 Å². The smallest absolute Gasteiger partial charge is 0.336 e. The van der Waals surface area contributed by atoms with Gasteiger partial charge in [-0.25, -0.2) is 9.59 Å². The van der Waals surface area contributed by atoms with Gasteiger partial charge in [-0.3, -0.25) is 4.79 Å². The van der Waals surface area contributed by atoms with E-state index in [2.05, 4.69) is 5.32 Å². The maximum atomic E-state index is 12.1. The summed E-state index contributed by atoms with van der Waals surface area (Å²) in [6.45, 7) is 4.81. The van der Waals surface area contributed by atoms with Gasteiger partial charge in [0.2, 0.25) is 5.91 Å². The third-order valence-electron chi connectivity index (χ3n) is 3.14. The Morgan fingerprint density at radius 1 is 1.14 bits per heavy atom. The Labute approximate surface area is 130 Å². The zero-order valence-corrected chi connectivity index (χ0v) is 13.0. The predicted octanol–water partition coefficient (Wildman–Crippen LogP) is 0.787. The van der Waals surface area contributed by atoms with E-state index in [-0.39, 0.29) is 18.2 Å². The molecule has 0 heterocycles. The average Bonchev–Trinajstić information content (AvgIpc) is 2.46. The van der Waals surface area contributed by atoms with Gasteiger partial charge in [0.05, 0.1) is 0 Å². The van der Waals surface area contributed by atoms with Crippen LogP contribution in [0.15, 0.2) is 30.3 Å². The Kier molecular flexibility index (Phi) is 6.72. The van der Waals surface area contributed by atoms with Gasteiger partial charge >= 0.3 is 11.9 Å². The fourth-order valence-corrected chi connectivity index (χ4v) is 1.80. The average molecular weight is 306 g/mol. The SMILES string of the molecule is CC(=O)N[C@@H](Cc1ccccc1)C(=O)OC(=O)[C@@H](N)C(C)C. The number of nitrogens with one attached hydrogen (secondary N) is 1. The Bertz CT molecular complexity index is 528. The van der Waals surface area contributed by atoms with Crippen molar-refractivity contribution in [3.63, 3.8) is 0 Å². The number of benzene rings is 1. The van der Waals surface area contributed by atoms with Gasteiger partial charge in [0.1, 0.15) is 12.1 Å². The molecule has 3 N–H and O–H groups in total. The first-order valence-electron chi connectivity index (χ1n) is 7.13. The summed E-state index contributed by atoms with van der Waals surface area (Å²) in [5, 5.41) is 2.50. The van der Waals surface area contributed by atoms with E-state index in [1.54, 1.807) is 13.8 Å². The standard InChI is InChI=1S/C16H22N2O4/c1-10(2)14(17)16(21)22-15(20)13(18-11(3)19)9-12-7-5-4-6-8-12/h4-8,10,13-14H,9,17H2,1-3H3,(H,18,19)/t13-,14-/m0/s1. The summed E-state index contributed by atoms with van der Waals surface area (Å²) in [4.78, 5) is 35.1. The zero-order chi connectivity index (χ0) is 16.7. The van der Waals surface area contributed by atoms with Gasteiger partial charge in [-0.05, 0) is 11.5 Å². The summed E-state index contributed by atoms with van der Waals surface area (Å²) in [6.07, 6.45) is 0.240. The van der Waals surface area contributed by atoms with Crippen molar-refractivity contribution in [1.82, 2.24) is 5.32 Å². The van der Waals surface area contributed by atoms with Crippen LogP contribution in [-0.4, -0.2) is 29.9 Å². The van der Waals surface area contributed by atoms with Crippen LogP contribution in [0.2, 0.25) is 0 Å². The zero-order valence-electron chi connectivity index (χ0n) is 13.0. The van der Waals surface area contributed by atoms with Crippen molar-refractivity contribution in [2.24, 2.45) is 11.7 Å². The maximum absolute atomic E-state index is 12.1. The largest absolute Gasteiger partial charge is 0.390 e. The molecule has 0 spiro atoms. The topological polar surface area (TPSA) is 98.5 Å². The second-order valence-electron chi connectivity index (χ2n) is 5.45. The number of hydrogen-bond acceptors (Lipinski definition) is 5. The third-order valence-corrected chi connectivity index (χ3v) is 3.14. The third kappa shape index (κ3) is 5.65. The number of esters is 2. The molecule has 1 rings (SSSR count). The molecular weight excluding hydrogens is 284 g/mol. The number of amides is 1. The van der Waals surface area contributed by atoms with E-state index in [9.17, 15) is 14.4 Å². The number of carbonyl (C=O) groups is 3. The molecule has 0 aliphatic heterocycles. The molecule has 22 heavy (non-hydrogen) atoms. The molecule has 1 aromatic rings. The van der Waals surface area contributed by atoms with Crippen LogP contribution in [0, 0.1) is 5.92 Å². The van der Waals surface area contributed by atoms with Crippen LogP contribution < -0.4 is 11.1 Å². The molecule has 6 nitrogen and oxygen atoms in total. The molecule has 0 aliphatic rings. The minimum absolute atomic E-state index is 0.145. The molecule has 120 valence electrons. The quantitative estimate of drug-likeness (QED) is 0.598. The minimum atomic E-state index is -0.928. The van der Waals surface area contributed by atoms with E-state index >= 15 is 0 Å². The number of rotatable bonds is 6. The minimum Gasteiger partial charge on any atom is -0.390 e. The Morgan fingerprint density at radius 3 is 2.23 bits per heavy atom. The van der Waals surface area contributed by atoms with Crippen molar-refractivity contribution in [1.29, 1.82) is 0 Å². The lowest BCUT2D eigenvalue weighted by molar-refractivity contribution is -0.163. The monoisotopic (exact) mass is 306 g/mol. The first-order chi connectivity index (χ1) is 10.3. The molecule has 2 atom stereocenters. The van der Waals surface area contributed by atoms with E-state index in [1.165, 1.54) is 6.92 Å². The lowest BCUT2D eigenvalue weighted by Crippen LogP contribution is -2.46. The second-order valence-corrected chi connectivity index (χ2v) is 5.45. The van der Waals surface area contributed by atoms with Crippen molar-refractivity contribution >= 4 is 17.8 Å². The summed E-state index contributed by atoms with van der Waals surface area (Å²) in [5.74, 6) is -2.12.